The molecule has 12 nitrogen and oxygen atoms in total. The standard InChI is InChI=1S/C34H39N5O7S/c1-7-8-17-31-35-23(3)27(18-32(40)45-6)34(41)38(31)20-25-19-37(28-14-10-9-13-26(25)28)29-15-11-12-16-30(29)47(42,43)39(21-44-5)33-22(2)24(4)46-36-33/h9-16,19H,7-8,17-18,20-21H2,1-6H3. The van der Waals surface area contributed by atoms with Gasteiger partial charge in [-0.1, -0.05) is 48.8 Å². The molecule has 0 N–H and O–H groups in total. The summed E-state index contributed by atoms with van der Waals surface area (Å²) in [4.78, 5) is 30.9. The van der Waals surface area contributed by atoms with Gasteiger partial charge in [0.25, 0.3) is 15.6 Å². The van der Waals surface area contributed by atoms with Gasteiger partial charge in [0.2, 0.25) is 0 Å². The molecule has 0 aliphatic heterocycles. The molecule has 5 rings (SSSR count). The molecule has 47 heavy (non-hydrogen) atoms. The van der Waals surface area contributed by atoms with E-state index in [1.165, 1.54) is 14.2 Å². The fraction of sp³-hybridized carbons (Fsp3) is 0.353. The summed E-state index contributed by atoms with van der Waals surface area (Å²) in [6, 6.07) is 14.3. The Morgan fingerprint density at radius 3 is 2.45 bits per heavy atom. The van der Waals surface area contributed by atoms with E-state index in [0.717, 1.165) is 33.6 Å². The molecule has 3 heterocycles. The highest BCUT2D eigenvalue weighted by molar-refractivity contribution is 7.93. The summed E-state index contributed by atoms with van der Waals surface area (Å²) in [5, 5.41) is 4.85. The normalized spacial score (nSPS) is 11.7. The predicted octanol–water partition coefficient (Wildman–Crippen LogP) is 5.01. The number of ether oxygens (including phenoxy) is 2. The molecule has 0 fully saturated rings. The van der Waals surface area contributed by atoms with Gasteiger partial charge in [0.15, 0.2) is 5.82 Å². The Kier molecular flexibility index (Phi) is 9.96. The second kappa shape index (κ2) is 13.9. The average molecular weight is 662 g/mol. The Hall–Kier alpha value is -4.75. The number of anilines is 1. The third-order valence-electron chi connectivity index (χ3n) is 8.28. The number of nitrogens with zero attached hydrogens (tertiary/aromatic N) is 5. The van der Waals surface area contributed by atoms with E-state index in [0.29, 0.717) is 35.0 Å². The van der Waals surface area contributed by atoms with Crippen LogP contribution >= 0.6 is 0 Å². The third-order valence-corrected chi connectivity index (χ3v) is 10.0. The lowest BCUT2D eigenvalue weighted by Gasteiger charge is -2.23. The van der Waals surface area contributed by atoms with Crippen molar-refractivity contribution in [1.29, 1.82) is 0 Å². The van der Waals surface area contributed by atoms with Gasteiger partial charge in [-0.3, -0.25) is 14.2 Å². The first kappa shape index (κ1) is 33.6. The number of carbonyl (C=O) groups excluding carboxylic acids is 1. The molecule has 0 atom stereocenters. The van der Waals surface area contributed by atoms with Crippen LogP contribution < -0.4 is 9.86 Å². The van der Waals surface area contributed by atoms with Gasteiger partial charge in [-0.25, -0.2) is 17.7 Å². The number of unbranched alkanes of at least 4 members (excludes halogenated alkanes) is 1. The van der Waals surface area contributed by atoms with Crippen molar-refractivity contribution in [1.82, 2.24) is 19.3 Å². The predicted molar refractivity (Wildman–Crippen MR) is 177 cm³/mol. The topological polar surface area (TPSA) is 139 Å². The largest absolute Gasteiger partial charge is 0.469 e. The molecule has 0 amide bonds. The number of sulfonamides is 1. The van der Waals surface area contributed by atoms with Crippen molar-refractivity contribution in [3.05, 3.63) is 99.1 Å². The molecule has 0 unspecified atom stereocenters. The van der Waals surface area contributed by atoms with E-state index >= 15 is 0 Å². The molecule has 0 aliphatic rings. The van der Waals surface area contributed by atoms with Crippen molar-refractivity contribution in [2.24, 2.45) is 0 Å². The minimum Gasteiger partial charge on any atom is -0.469 e. The van der Waals surface area contributed by atoms with Crippen molar-refractivity contribution in [3.8, 4) is 5.69 Å². The van der Waals surface area contributed by atoms with Crippen LogP contribution in [0.5, 0.6) is 0 Å². The molecule has 0 spiro atoms. The second-order valence-corrected chi connectivity index (χ2v) is 13.1. The molecular weight excluding hydrogens is 622 g/mol. The van der Waals surface area contributed by atoms with Crippen LogP contribution in [0.25, 0.3) is 16.6 Å². The highest BCUT2D eigenvalue weighted by Gasteiger charge is 2.32. The summed E-state index contributed by atoms with van der Waals surface area (Å²) in [5.41, 5.74) is 2.99. The number of rotatable bonds is 13. The highest BCUT2D eigenvalue weighted by atomic mass is 32.2. The lowest BCUT2D eigenvalue weighted by Crippen LogP contribution is -2.34. The number of aryl methyl sites for hydroxylation is 3. The van der Waals surface area contributed by atoms with Crippen LogP contribution in [-0.4, -0.2) is 54.6 Å². The quantitative estimate of drug-likeness (QED) is 0.126. The molecule has 13 heteroatoms. The number of carbonyl (C=O) groups is 1. The summed E-state index contributed by atoms with van der Waals surface area (Å²) in [7, 11) is -1.52. The van der Waals surface area contributed by atoms with E-state index in [1.807, 2.05) is 35.0 Å². The van der Waals surface area contributed by atoms with Crippen LogP contribution in [-0.2, 0) is 43.7 Å². The number of fused-ring (bicyclic) bond motifs is 1. The minimum absolute atomic E-state index is 0.0302. The fourth-order valence-corrected chi connectivity index (χ4v) is 7.17. The lowest BCUT2D eigenvalue weighted by atomic mass is 10.1. The number of benzene rings is 2. The van der Waals surface area contributed by atoms with E-state index in [1.54, 1.807) is 49.6 Å². The number of para-hydroxylation sites is 2. The highest BCUT2D eigenvalue weighted by Crippen LogP contribution is 2.33. The van der Waals surface area contributed by atoms with Crippen LogP contribution in [0.3, 0.4) is 0 Å². The van der Waals surface area contributed by atoms with Gasteiger partial charge >= 0.3 is 5.97 Å². The van der Waals surface area contributed by atoms with E-state index < -0.39 is 16.0 Å². The van der Waals surface area contributed by atoms with E-state index in [4.69, 9.17) is 19.0 Å². The molecule has 0 saturated heterocycles. The van der Waals surface area contributed by atoms with Crippen LogP contribution in [0.2, 0.25) is 0 Å². The van der Waals surface area contributed by atoms with Crippen molar-refractivity contribution in [2.45, 2.75) is 64.8 Å². The maximum Gasteiger partial charge on any atom is 0.310 e. The average Bonchev–Trinajstić information content (AvgIpc) is 3.60. The first-order valence-electron chi connectivity index (χ1n) is 15.3. The Labute approximate surface area is 273 Å². The van der Waals surface area contributed by atoms with Crippen LogP contribution in [0, 0.1) is 20.8 Å². The second-order valence-electron chi connectivity index (χ2n) is 11.3. The Balaban J connectivity index is 1.67. The zero-order valence-electron chi connectivity index (χ0n) is 27.4. The molecule has 0 bridgehead atoms. The fourth-order valence-electron chi connectivity index (χ4n) is 5.60. The molecule has 248 valence electrons. The molecule has 3 aromatic heterocycles. The molecule has 5 aromatic rings. The van der Waals surface area contributed by atoms with Gasteiger partial charge in [-0.15, -0.1) is 0 Å². The van der Waals surface area contributed by atoms with Gasteiger partial charge in [-0.2, -0.15) is 0 Å². The minimum atomic E-state index is -4.21. The van der Waals surface area contributed by atoms with Crippen LogP contribution in [0.4, 0.5) is 5.82 Å². The lowest BCUT2D eigenvalue weighted by molar-refractivity contribution is -0.139. The SMILES string of the molecule is CCCCc1nc(C)c(CC(=O)OC)c(=O)n1Cc1cn(-c2ccccc2S(=O)(=O)N(COC)c2noc(C)c2C)c2ccccc12. The van der Waals surface area contributed by atoms with Gasteiger partial charge in [0, 0.05) is 41.9 Å². The number of esters is 1. The summed E-state index contributed by atoms with van der Waals surface area (Å²) < 4.78 is 48.7. The van der Waals surface area contributed by atoms with Crippen LogP contribution in [0.1, 0.15) is 53.7 Å². The van der Waals surface area contributed by atoms with Crippen LogP contribution in [0.15, 0.2) is 68.9 Å². The Morgan fingerprint density at radius 1 is 1.04 bits per heavy atom. The summed E-state index contributed by atoms with van der Waals surface area (Å²) >= 11 is 0. The summed E-state index contributed by atoms with van der Waals surface area (Å²) in [6.07, 6.45) is 3.99. The third kappa shape index (κ3) is 6.45. The maximum atomic E-state index is 14.3. The number of hydrogen-bond acceptors (Lipinski definition) is 9. The molecule has 0 saturated carbocycles. The summed E-state index contributed by atoms with van der Waals surface area (Å²) in [5.74, 6) is 0.745. The van der Waals surface area contributed by atoms with Gasteiger partial charge in [-0.05, 0) is 51.0 Å². The zero-order valence-corrected chi connectivity index (χ0v) is 28.3. The van der Waals surface area contributed by atoms with E-state index in [-0.39, 0.29) is 41.5 Å². The first-order valence-corrected chi connectivity index (χ1v) is 16.8. The molecule has 0 radical (unpaired) electrons. The van der Waals surface area contributed by atoms with Gasteiger partial charge in [0.1, 0.15) is 23.2 Å². The zero-order chi connectivity index (χ0) is 33.9. The smallest absolute Gasteiger partial charge is 0.310 e. The molecule has 0 aliphatic carbocycles. The Bertz CT molecular complexity index is 2100. The maximum absolute atomic E-state index is 14.3. The number of hydrogen-bond donors (Lipinski definition) is 0. The first-order chi connectivity index (χ1) is 22.5. The van der Waals surface area contributed by atoms with E-state index in [9.17, 15) is 18.0 Å². The summed E-state index contributed by atoms with van der Waals surface area (Å²) in [6.45, 7) is 7.14. The van der Waals surface area contributed by atoms with E-state index in [2.05, 4.69) is 12.1 Å². The number of aromatic nitrogens is 4. The monoisotopic (exact) mass is 661 g/mol. The van der Waals surface area contributed by atoms with Crippen molar-refractivity contribution < 1.29 is 27.2 Å². The number of methoxy groups -OCH3 is 2. The molecule has 2 aromatic carbocycles. The van der Waals surface area contributed by atoms with Crippen molar-refractivity contribution in [3.63, 3.8) is 0 Å². The van der Waals surface area contributed by atoms with Crippen molar-refractivity contribution >= 4 is 32.7 Å². The van der Waals surface area contributed by atoms with Gasteiger partial charge < -0.3 is 18.6 Å². The van der Waals surface area contributed by atoms with Crippen molar-refractivity contribution in [2.75, 3.05) is 25.3 Å². The molecular formula is C34H39N5O7S. The van der Waals surface area contributed by atoms with Gasteiger partial charge in [0.05, 0.1) is 31.3 Å². The Morgan fingerprint density at radius 2 is 1.77 bits per heavy atom.